The summed E-state index contributed by atoms with van der Waals surface area (Å²) in [5.41, 5.74) is 2.67. The molecule has 0 saturated heterocycles. The van der Waals surface area contributed by atoms with Crippen molar-refractivity contribution in [3.63, 3.8) is 0 Å². The minimum absolute atomic E-state index is 0.0631. The van der Waals surface area contributed by atoms with Gasteiger partial charge in [-0.1, -0.05) is 26.0 Å². The molecule has 0 radical (unpaired) electrons. The number of benzene rings is 2. The molecule has 0 aliphatic rings. The van der Waals surface area contributed by atoms with Crippen molar-refractivity contribution in [2.24, 2.45) is 0 Å². The largest absolute Gasteiger partial charge is 0.513 e. The van der Waals surface area contributed by atoms with Gasteiger partial charge in [-0.15, -0.1) is 0 Å². The van der Waals surface area contributed by atoms with Crippen LogP contribution in [0.15, 0.2) is 47.4 Å². The highest BCUT2D eigenvalue weighted by molar-refractivity contribution is 5.97. The lowest BCUT2D eigenvalue weighted by Gasteiger charge is -2.18. The highest BCUT2D eigenvalue weighted by Crippen LogP contribution is 2.35. The summed E-state index contributed by atoms with van der Waals surface area (Å²) >= 11 is 0. The average Bonchev–Trinajstić information content (AvgIpc) is 3.22. The van der Waals surface area contributed by atoms with Crippen LogP contribution in [0.25, 0.3) is 11.0 Å². The van der Waals surface area contributed by atoms with E-state index in [1.807, 2.05) is 19.1 Å². The molecule has 1 aromatic heterocycles. The number of aryl methyl sites for hydroxylation is 1. The topological polar surface area (TPSA) is 104 Å². The van der Waals surface area contributed by atoms with Gasteiger partial charge < -0.3 is 28.5 Å². The van der Waals surface area contributed by atoms with Gasteiger partial charge in [0.15, 0.2) is 5.78 Å². The zero-order valence-corrected chi connectivity index (χ0v) is 20.2. The van der Waals surface area contributed by atoms with Crippen LogP contribution in [0.3, 0.4) is 0 Å². The van der Waals surface area contributed by atoms with Gasteiger partial charge in [0, 0.05) is 29.0 Å². The Morgan fingerprint density at radius 2 is 1.80 bits per heavy atom. The van der Waals surface area contributed by atoms with Crippen LogP contribution in [0.4, 0.5) is 4.79 Å². The number of ketones is 1. The Kier molecular flexibility index (Phi) is 8.78. The standard InChI is InChI=1S/C27H30O8/c1-5-8-21-23(12-10-20(18(4)28)26(21)33-13-6-2)32-15-7-14-31-22-11-9-19-16-24(35-27(29)30)34-25(19)17(22)3/h6,9-12,16H,2,5,7-8,13-15H2,1,3-4H3,(H,29,30). The summed E-state index contributed by atoms with van der Waals surface area (Å²) in [4.78, 5) is 22.8. The number of hydrogen-bond donors (Lipinski definition) is 1. The monoisotopic (exact) mass is 482 g/mol. The maximum atomic E-state index is 12.1. The first-order valence-electron chi connectivity index (χ1n) is 11.5. The summed E-state index contributed by atoms with van der Waals surface area (Å²) in [5.74, 6) is 1.73. The van der Waals surface area contributed by atoms with Gasteiger partial charge in [-0.25, -0.2) is 4.79 Å². The second-order valence-corrected chi connectivity index (χ2v) is 7.92. The Labute approximate surface area is 204 Å². The third-order valence-corrected chi connectivity index (χ3v) is 5.30. The molecule has 1 heterocycles. The van der Waals surface area contributed by atoms with Crippen LogP contribution >= 0.6 is 0 Å². The number of rotatable bonds is 13. The van der Waals surface area contributed by atoms with Crippen molar-refractivity contribution in [3.05, 3.63) is 59.7 Å². The third-order valence-electron chi connectivity index (χ3n) is 5.30. The molecule has 0 aliphatic carbocycles. The third kappa shape index (κ3) is 6.35. The normalized spacial score (nSPS) is 10.7. The fourth-order valence-corrected chi connectivity index (χ4v) is 3.73. The highest BCUT2D eigenvalue weighted by atomic mass is 16.7. The van der Waals surface area contributed by atoms with E-state index in [-0.39, 0.29) is 11.7 Å². The molecular weight excluding hydrogens is 452 g/mol. The quantitative estimate of drug-likeness (QED) is 0.130. The second kappa shape index (κ2) is 12.0. The number of furan rings is 1. The predicted octanol–water partition coefficient (Wildman–Crippen LogP) is 6.37. The van der Waals surface area contributed by atoms with E-state index in [4.69, 9.17) is 23.7 Å². The van der Waals surface area contributed by atoms with Crippen molar-refractivity contribution in [1.29, 1.82) is 0 Å². The van der Waals surface area contributed by atoms with E-state index in [1.165, 1.54) is 13.0 Å². The van der Waals surface area contributed by atoms with E-state index in [0.717, 1.165) is 29.4 Å². The number of Topliss-reactive ketones (excluding diaryl/α,β-unsaturated/α-hetero) is 1. The van der Waals surface area contributed by atoms with Crippen molar-refractivity contribution in [1.82, 2.24) is 0 Å². The number of carbonyl (C=O) groups is 2. The lowest BCUT2D eigenvalue weighted by Crippen LogP contribution is -2.10. The van der Waals surface area contributed by atoms with Crippen LogP contribution < -0.4 is 18.9 Å². The summed E-state index contributed by atoms with van der Waals surface area (Å²) in [5, 5.41) is 9.48. The van der Waals surface area contributed by atoms with Crippen molar-refractivity contribution >= 4 is 22.9 Å². The number of carboxylic acid groups (broad SMARTS) is 1. The molecule has 0 amide bonds. The minimum atomic E-state index is -1.43. The van der Waals surface area contributed by atoms with Gasteiger partial charge in [-0.2, -0.15) is 0 Å². The van der Waals surface area contributed by atoms with Crippen LogP contribution in [0.1, 0.15) is 48.2 Å². The van der Waals surface area contributed by atoms with Crippen molar-refractivity contribution in [2.45, 2.75) is 40.0 Å². The first-order valence-corrected chi connectivity index (χ1v) is 11.5. The predicted molar refractivity (Wildman–Crippen MR) is 131 cm³/mol. The number of fused-ring (bicyclic) bond motifs is 1. The summed E-state index contributed by atoms with van der Waals surface area (Å²) in [6.07, 6.45) is 2.42. The van der Waals surface area contributed by atoms with Gasteiger partial charge in [0.05, 0.1) is 18.8 Å². The summed E-state index contributed by atoms with van der Waals surface area (Å²) in [7, 11) is 0. The molecule has 8 heteroatoms. The molecule has 2 aromatic carbocycles. The zero-order chi connectivity index (χ0) is 25.4. The SMILES string of the molecule is C=CCOc1c(C(C)=O)ccc(OCCCOc2ccc3cc(OC(=O)O)oc3c2C)c1CCC. The van der Waals surface area contributed by atoms with Crippen LogP contribution in [-0.4, -0.2) is 36.9 Å². The van der Waals surface area contributed by atoms with Crippen LogP contribution in [0.5, 0.6) is 23.2 Å². The lowest BCUT2D eigenvalue weighted by atomic mass is 10.0. The molecule has 0 unspecified atom stereocenters. The first-order chi connectivity index (χ1) is 16.8. The van der Waals surface area contributed by atoms with Crippen molar-refractivity contribution < 1.29 is 38.1 Å². The van der Waals surface area contributed by atoms with Gasteiger partial charge in [-0.3, -0.25) is 4.79 Å². The van der Waals surface area contributed by atoms with E-state index in [9.17, 15) is 9.59 Å². The van der Waals surface area contributed by atoms with E-state index in [1.54, 1.807) is 18.2 Å². The maximum absolute atomic E-state index is 12.1. The van der Waals surface area contributed by atoms with Crippen molar-refractivity contribution in [2.75, 3.05) is 19.8 Å². The van der Waals surface area contributed by atoms with Gasteiger partial charge >= 0.3 is 6.16 Å². The second-order valence-electron chi connectivity index (χ2n) is 7.92. The Morgan fingerprint density at radius 3 is 2.46 bits per heavy atom. The zero-order valence-electron chi connectivity index (χ0n) is 20.2. The molecule has 3 aromatic rings. The molecule has 0 fully saturated rings. The molecule has 3 rings (SSSR count). The van der Waals surface area contributed by atoms with Crippen LogP contribution in [0.2, 0.25) is 0 Å². The summed E-state index contributed by atoms with van der Waals surface area (Å²) in [6.45, 7) is 10.2. The van der Waals surface area contributed by atoms with Gasteiger partial charge in [-0.05, 0) is 44.5 Å². The molecule has 0 bridgehead atoms. The molecule has 8 nitrogen and oxygen atoms in total. The smallest absolute Gasteiger partial charge is 0.493 e. The maximum Gasteiger partial charge on any atom is 0.513 e. The molecule has 0 aliphatic heterocycles. The first kappa shape index (κ1) is 25.7. The molecular formula is C27H30O8. The Balaban J connectivity index is 1.64. The lowest BCUT2D eigenvalue weighted by molar-refractivity contribution is 0.101. The van der Waals surface area contributed by atoms with E-state index < -0.39 is 6.16 Å². The molecule has 0 saturated carbocycles. The fraction of sp³-hybridized carbons (Fsp3) is 0.333. The summed E-state index contributed by atoms with van der Waals surface area (Å²) < 4.78 is 27.8. The number of carbonyl (C=O) groups excluding carboxylic acids is 1. The summed E-state index contributed by atoms with van der Waals surface area (Å²) in [6, 6.07) is 8.66. The van der Waals surface area contributed by atoms with E-state index >= 15 is 0 Å². The Hall–Kier alpha value is -3.94. The molecule has 35 heavy (non-hydrogen) atoms. The van der Waals surface area contributed by atoms with E-state index in [0.29, 0.717) is 54.6 Å². The van der Waals surface area contributed by atoms with Crippen LogP contribution in [-0.2, 0) is 6.42 Å². The van der Waals surface area contributed by atoms with Gasteiger partial charge in [0.1, 0.15) is 29.4 Å². The fourth-order valence-electron chi connectivity index (χ4n) is 3.73. The Morgan fingerprint density at radius 1 is 1.09 bits per heavy atom. The van der Waals surface area contributed by atoms with E-state index in [2.05, 4.69) is 18.2 Å². The van der Waals surface area contributed by atoms with Crippen LogP contribution in [0, 0.1) is 6.92 Å². The Bertz CT molecular complexity index is 1210. The number of hydrogen-bond acceptors (Lipinski definition) is 7. The minimum Gasteiger partial charge on any atom is -0.493 e. The molecule has 0 spiro atoms. The molecule has 0 atom stereocenters. The molecule has 1 N–H and O–H groups in total. The number of ether oxygens (including phenoxy) is 4. The van der Waals surface area contributed by atoms with Gasteiger partial charge in [0.25, 0.3) is 5.95 Å². The average molecular weight is 483 g/mol. The van der Waals surface area contributed by atoms with Gasteiger partial charge in [0.2, 0.25) is 0 Å². The van der Waals surface area contributed by atoms with Crippen molar-refractivity contribution in [3.8, 4) is 23.2 Å². The highest BCUT2D eigenvalue weighted by Gasteiger charge is 2.18. The molecule has 186 valence electrons.